The van der Waals surface area contributed by atoms with E-state index in [4.69, 9.17) is 4.74 Å². The largest absolute Gasteiger partial charge is 0.492 e. The standard InChI is InChI=1S/C13H19N3O/c1-3-9-15-13(14-2)16-10-11-17-12-7-5-4-6-8-12/h3-8H,1,9-11H2,2H3,(H2,14,15,16). The van der Waals surface area contributed by atoms with Gasteiger partial charge in [0.15, 0.2) is 5.96 Å². The number of ether oxygens (including phenoxy) is 1. The molecule has 0 fully saturated rings. The van der Waals surface area contributed by atoms with Crippen LogP contribution in [0.5, 0.6) is 5.75 Å². The van der Waals surface area contributed by atoms with Crippen molar-refractivity contribution < 1.29 is 4.74 Å². The maximum atomic E-state index is 5.54. The Bertz CT molecular complexity index is 349. The minimum atomic E-state index is 0.596. The van der Waals surface area contributed by atoms with Crippen LogP contribution in [0.25, 0.3) is 0 Å². The van der Waals surface area contributed by atoms with Gasteiger partial charge in [-0.2, -0.15) is 0 Å². The lowest BCUT2D eigenvalue weighted by atomic mass is 10.3. The molecule has 0 aliphatic carbocycles. The van der Waals surface area contributed by atoms with Crippen LogP contribution in [0, 0.1) is 0 Å². The van der Waals surface area contributed by atoms with Crippen molar-refractivity contribution in [3.05, 3.63) is 43.0 Å². The highest BCUT2D eigenvalue weighted by atomic mass is 16.5. The topological polar surface area (TPSA) is 45.7 Å². The molecular weight excluding hydrogens is 214 g/mol. The van der Waals surface area contributed by atoms with Gasteiger partial charge in [-0.05, 0) is 12.1 Å². The van der Waals surface area contributed by atoms with E-state index in [-0.39, 0.29) is 0 Å². The van der Waals surface area contributed by atoms with Gasteiger partial charge in [-0.3, -0.25) is 4.99 Å². The second-order valence-electron chi connectivity index (χ2n) is 3.33. The summed E-state index contributed by atoms with van der Waals surface area (Å²) < 4.78 is 5.54. The van der Waals surface area contributed by atoms with Gasteiger partial charge < -0.3 is 15.4 Å². The highest BCUT2D eigenvalue weighted by Crippen LogP contribution is 2.07. The van der Waals surface area contributed by atoms with Crippen molar-refractivity contribution in [2.24, 2.45) is 4.99 Å². The first-order valence-electron chi connectivity index (χ1n) is 5.60. The van der Waals surface area contributed by atoms with Gasteiger partial charge in [0.1, 0.15) is 12.4 Å². The van der Waals surface area contributed by atoms with E-state index in [1.165, 1.54) is 0 Å². The molecular formula is C13H19N3O. The summed E-state index contributed by atoms with van der Waals surface area (Å²) in [5.41, 5.74) is 0. The Morgan fingerprint density at radius 2 is 2.12 bits per heavy atom. The number of hydrogen-bond acceptors (Lipinski definition) is 2. The molecule has 0 aliphatic heterocycles. The van der Waals surface area contributed by atoms with E-state index in [0.29, 0.717) is 19.7 Å². The zero-order valence-electron chi connectivity index (χ0n) is 10.1. The predicted octanol–water partition coefficient (Wildman–Crippen LogP) is 1.42. The van der Waals surface area contributed by atoms with Gasteiger partial charge in [0, 0.05) is 13.6 Å². The van der Waals surface area contributed by atoms with Crippen LogP contribution in [0.4, 0.5) is 0 Å². The molecule has 0 amide bonds. The Morgan fingerprint density at radius 3 is 2.76 bits per heavy atom. The Hall–Kier alpha value is -1.97. The normalized spacial score (nSPS) is 10.8. The van der Waals surface area contributed by atoms with Crippen LogP contribution >= 0.6 is 0 Å². The van der Waals surface area contributed by atoms with Crippen LogP contribution in [-0.2, 0) is 0 Å². The molecule has 92 valence electrons. The van der Waals surface area contributed by atoms with E-state index in [1.807, 2.05) is 30.3 Å². The fourth-order valence-electron chi connectivity index (χ4n) is 1.24. The number of guanidine groups is 1. The van der Waals surface area contributed by atoms with E-state index in [9.17, 15) is 0 Å². The van der Waals surface area contributed by atoms with Crippen LogP contribution in [0.2, 0.25) is 0 Å². The lowest BCUT2D eigenvalue weighted by Gasteiger charge is -2.11. The average Bonchev–Trinajstić information content (AvgIpc) is 2.39. The fraction of sp³-hybridized carbons (Fsp3) is 0.308. The summed E-state index contributed by atoms with van der Waals surface area (Å²) in [4.78, 5) is 4.06. The predicted molar refractivity (Wildman–Crippen MR) is 71.5 cm³/mol. The molecule has 0 bridgehead atoms. The molecule has 0 aromatic heterocycles. The summed E-state index contributed by atoms with van der Waals surface area (Å²) in [5, 5.41) is 6.22. The molecule has 0 atom stereocenters. The first-order chi connectivity index (χ1) is 8.36. The molecule has 4 nitrogen and oxygen atoms in total. The van der Waals surface area contributed by atoms with Crippen LogP contribution in [-0.4, -0.2) is 32.7 Å². The Balaban J connectivity index is 2.17. The molecule has 0 unspecified atom stereocenters. The van der Waals surface area contributed by atoms with Gasteiger partial charge in [-0.15, -0.1) is 6.58 Å². The average molecular weight is 233 g/mol. The van der Waals surface area contributed by atoms with Gasteiger partial charge in [0.25, 0.3) is 0 Å². The van der Waals surface area contributed by atoms with Crippen molar-refractivity contribution >= 4 is 5.96 Å². The molecule has 2 N–H and O–H groups in total. The first-order valence-corrected chi connectivity index (χ1v) is 5.60. The Labute approximate surface area is 102 Å². The lowest BCUT2D eigenvalue weighted by Crippen LogP contribution is -2.39. The Kier molecular flexibility index (Phi) is 6.33. The number of hydrogen-bond donors (Lipinski definition) is 2. The summed E-state index contributed by atoms with van der Waals surface area (Å²) in [5.74, 6) is 1.63. The van der Waals surface area contributed by atoms with E-state index in [2.05, 4.69) is 22.2 Å². The molecule has 1 aromatic rings. The van der Waals surface area contributed by atoms with E-state index in [1.54, 1.807) is 13.1 Å². The second-order valence-corrected chi connectivity index (χ2v) is 3.33. The van der Waals surface area contributed by atoms with Crippen LogP contribution in [0.1, 0.15) is 0 Å². The number of nitrogens with zero attached hydrogens (tertiary/aromatic N) is 1. The van der Waals surface area contributed by atoms with Crippen molar-refractivity contribution in [1.82, 2.24) is 10.6 Å². The van der Waals surface area contributed by atoms with E-state index < -0.39 is 0 Å². The highest BCUT2D eigenvalue weighted by Gasteiger charge is 1.95. The molecule has 0 saturated carbocycles. The minimum Gasteiger partial charge on any atom is -0.492 e. The second kappa shape index (κ2) is 8.21. The number of benzene rings is 1. The molecule has 0 radical (unpaired) electrons. The van der Waals surface area contributed by atoms with Crippen molar-refractivity contribution in [3.8, 4) is 5.75 Å². The summed E-state index contributed by atoms with van der Waals surface area (Å²) in [7, 11) is 1.73. The summed E-state index contributed by atoms with van der Waals surface area (Å²) >= 11 is 0. The summed E-state index contributed by atoms with van der Waals surface area (Å²) in [6.45, 7) is 5.62. The molecule has 0 spiro atoms. The van der Waals surface area contributed by atoms with Crippen LogP contribution in [0.3, 0.4) is 0 Å². The molecule has 0 aliphatic rings. The van der Waals surface area contributed by atoms with Crippen molar-refractivity contribution in [2.45, 2.75) is 0 Å². The molecule has 1 rings (SSSR count). The number of para-hydroxylation sites is 1. The highest BCUT2D eigenvalue weighted by molar-refractivity contribution is 5.79. The quantitative estimate of drug-likeness (QED) is 0.338. The Morgan fingerprint density at radius 1 is 1.35 bits per heavy atom. The molecule has 0 heterocycles. The fourth-order valence-corrected chi connectivity index (χ4v) is 1.24. The van der Waals surface area contributed by atoms with Gasteiger partial charge in [-0.1, -0.05) is 24.3 Å². The smallest absolute Gasteiger partial charge is 0.191 e. The van der Waals surface area contributed by atoms with E-state index >= 15 is 0 Å². The number of aliphatic imine (C=N–C) groups is 1. The monoisotopic (exact) mass is 233 g/mol. The van der Waals surface area contributed by atoms with Gasteiger partial charge in [-0.25, -0.2) is 0 Å². The maximum Gasteiger partial charge on any atom is 0.191 e. The van der Waals surface area contributed by atoms with Crippen LogP contribution in [0.15, 0.2) is 48.0 Å². The molecule has 0 saturated heterocycles. The molecule has 4 heteroatoms. The van der Waals surface area contributed by atoms with E-state index in [0.717, 1.165) is 11.7 Å². The first kappa shape index (κ1) is 13.1. The zero-order chi connectivity index (χ0) is 12.3. The van der Waals surface area contributed by atoms with Crippen LogP contribution < -0.4 is 15.4 Å². The molecule has 1 aromatic carbocycles. The maximum absolute atomic E-state index is 5.54. The third-order valence-electron chi connectivity index (χ3n) is 2.04. The van der Waals surface area contributed by atoms with Gasteiger partial charge >= 0.3 is 0 Å². The minimum absolute atomic E-state index is 0.596. The lowest BCUT2D eigenvalue weighted by molar-refractivity contribution is 0.322. The van der Waals surface area contributed by atoms with Crippen molar-refractivity contribution in [2.75, 3.05) is 26.7 Å². The van der Waals surface area contributed by atoms with Gasteiger partial charge in [0.2, 0.25) is 0 Å². The third-order valence-corrected chi connectivity index (χ3v) is 2.04. The van der Waals surface area contributed by atoms with Crippen molar-refractivity contribution in [3.63, 3.8) is 0 Å². The number of nitrogens with one attached hydrogen (secondary N) is 2. The third kappa shape index (κ3) is 5.61. The SMILES string of the molecule is C=CCNC(=NC)NCCOc1ccccc1. The zero-order valence-corrected chi connectivity index (χ0v) is 10.1. The van der Waals surface area contributed by atoms with Gasteiger partial charge in [0.05, 0.1) is 6.54 Å². The molecule has 17 heavy (non-hydrogen) atoms. The number of rotatable bonds is 6. The summed E-state index contributed by atoms with van der Waals surface area (Å²) in [6, 6.07) is 9.74. The summed E-state index contributed by atoms with van der Waals surface area (Å²) in [6.07, 6.45) is 1.79. The van der Waals surface area contributed by atoms with Crippen molar-refractivity contribution in [1.29, 1.82) is 0 Å².